The van der Waals surface area contributed by atoms with Gasteiger partial charge in [0.05, 0.1) is 11.3 Å². The minimum atomic E-state index is 0.252. The number of hydrogen-bond acceptors (Lipinski definition) is 2. The molecule has 0 radical (unpaired) electrons. The molecule has 1 aliphatic rings. The second-order valence-electron chi connectivity index (χ2n) is 4.50. The molecule has 1 aliphatic carbocycles. The first-order valence-corrected chi connectivity index (χ1v) is 5.73. The van der Waals surface area contributed by atoms with Crippen molar-refractivity contribution in [1.82, 2.24) is 9.78 Å². The molecule has 1 aromatic heterocycles. The van der Waals surface area contributed by atoms with E-state index >= 15 is 0 Å². The van der Waals surface area contributed by atoms with Gasteiger partial charge < -0.3 is 0 Å². The van der Waals surface area contributed by atoms with Gasteiger partial charge in [0.2, 0.25) is 0 Å². The van der Waals surface area contributed by atoms with E-state index in [1.54, 1.807) is 4.68 Å². The normalized spacial score (nSPS) is 18.0. The molecule has 1 fully saturated rings. The van der Waals surface area contributed by atoms with E-state index in [0.29, 0.717) is 5.78 Å². The number of ketones is 1. The van der Waals surface area contributed by atoms with Crippen LogP contribution < -0.4 is 0 Å². The van der Waals surface area contributed by atoms with Crippen molar-refractivity contribution in [3.05, 3.63) is 17.5 Å². The first kappa shape index (κ1) is 10.4. The van der Waals surface area contributed by atoms with Crippen LogP contribution in [0.4, 0.5) is 0 Å². The van der Waals surface area contributed by atoms with Crippen molar-refractivity contribution in [2.24, 2.45) is 13.0 Å². The first-order valence-electron chi connectivity index (χ1n) is 5.73. The van der Waals surface area contributed by atoms with Gasteiger partial charge in [-0.05, 0) is 19.8 Å². The number of aryl methyl sites for hydroxylation is 2. The Bertz CT molecular complexity index is 362. The molecular weight excluding hydrogens is 188 g/mol. The molecule has 0 N–H and O–H groups in total. The second kappa shape index (κ2) is 4.17. The van der Waals surface area contributed by atoms with E-state index in [-0.39, 0.29) is 5.92 Å². The van der Waals surface area contributed by atoms with Gasteiger partial charge in [-0.2, -0.15) is 5.10 Å². The molecule has 0 atom stereocenters. The maximum atomic E-state index is 12.2. The van der Waals surface area contributed by atoms with E-state index in [1.165, 1.54) is 19.3 Å². The third-order valence-electron chi connectivity index (χ3n) is 3.25. The molecule has 3 nitrogen and oxygen atoms in total. The fraction of sp³-hybridized carbons (Fsp3) is 0.667. The topological polar surface area (TPSA) is 34.9 Å². The molecule has 82 valence electrons. The van der Waals surface area contributed by atoms with Crippen molar-refractivity contribution in [2.45, 2.75) is 39.0 Å². The van der Waals surface area contributed by atoms with Crippen molar-refractivity contribution in [1.29, 1.82) is 0 Å². The predicted molar refractivity (Wildman–Crippen MR) is 58.9 cm³/mol. The summed E-state index contributed by atoms with van der Waals surface area (Å²) in [5.41, 5.74) is 1.69. The lowest BCUT2D eigenvalue weighted by Gasteiger charge is -2.19. The number of aromatic nitrogens is 2. The highest BCUT2D eigenvalue weighted by atomic mass is 16.1. The molecule has 1 aromatic rings. The highest BCUT2D eigenvalue weighted by molar-refractivity contribution is 5.98. The number of nitrogens with zero attached hydrogens (tertiary/aromatic N) is 2. The van der Waals surface area contributed by atoms with Gasteiger partial charge in [-0.25, -0.2) is 0 Å². The Balaban J connectivity index is 2.16. The van der Waals surface area contributed by atoms with Crippen LogP contribution in [0.25, 0.3) is 0 Å². The van der Waals surface area contributed by atoms with E-state index in [9.17, 15) is 4.79 Å². The molecule has 0 saturated heterocycles. The fourth-order valence-electron chi connectivity index (χ4n) is 2.43. The van der Waals surface area contributed by atoms with Gasteiger partial charge in [-0.3, -0.25) is 9.48 Å². The average molecular weight is 206 g/mol. The van der Waals surface area contributed by atoms with Crippen molar-refractivity contribution in [2.75, 3.05) is 0 Å². The number of Topliss-reactive ketones (excluding diaryl/α,β-unsaturated/α-hetero) is 1. The van der Waals surface area contributed by atoms with E-state index in [0.717, 1.165) is 24.1 Å². The summed E-state index contributed by atoms with van der Waals surface area (Å²) in [7, 11) is 1.87. The van der Waals surface area contributed by atoms with Gasteiger partial charge in [-0.15, -0.1) is 0 Å². The van der Waals surface area contributed by atoms with Crippen LogP contribution in [0.5, 0.6) is 0 Å². The minimum absolute atomic E-state index is 0.252. The molecular formula is C12H18N2O. The Morgan fingerprint density at radius 2 is 2.07 bits per heavy atom. The molecule has 0 unspecified atom stereocenters. The number of rotatable bonds is 2. The van der Waals surface area contributed by atoms with Crippen molar-refractivity contribution in [3.63, 3.8) is 0 Å². The molecule has 0 amide bonds. The van der Waals surface area contributed by atoms with E-state index in [4.69, 9.17) is 0 Å². The maximum Gasteiger partial charge on any atom is 0.169 e. The van der Waals surface area contributed by atoms with Crippen LogP contribution >= 0.6 is 0 Å². The van der Waals surface area contributed by atoms with Gasteiger partial charge in [0.1, 0.15) is 0 Å². The number of carbonyl (C=O) groups excluding carboxylic acids is 1. The summed E-state index contributed by atoms with van der Waals surface area (Å²) in [5.74, 6) is 0.557. The van der Waals surface area contributed by atoms with Crippen LogP contribution in [0.15, 0.2) is 6.20 Å². The zero-order valence-corrected chi connectivity index (χ0v) is 9.49. The van der Waals surface area contributed by atoms with Crippen molar-refractivity contribution >= 4 is 5.78 Å². The van der Waals surface area contributed by atoms with Gasteiger partial charge in [0.15, 0.2) is 5.78 Å². The average Bonchev–Trinajstić information content (AvgIpc) is 2.58. The highest BCUT2D eigenvalue weighted by Crippen LogP contribution is 2.27. The fourth-order valence-corrected chi connectivity index (χ4v) is 2.43. The monoisotopic (exact) mass is 206 g/mol. The Morgan fingerprint density at radius 1 is 1.40 bits per heavy atom. The van der Waals surface area contributed by atoms with Gasteiger partial charge in [-0.1, -0.05) is 19.3 Å². The van der Waals surface area contributed by atoms with Crippen LogP contribution in [-0.2, 0) is 7.05 Å². The van der Waals surface area contributed by atoms with Gasteiger partial charge in [0, 0.05) is 19.2 Å². The first-order chi connectivity index (χ1) is 7.18. The molecule has 2 rings (SSSR count). The molecule has 1 saturated carbocycles. The minimum Gasteiger partial charge on any atom is -0.294 e. The smallest absolute Gasteiger partial charge is 0.169 e. The summed E-state index contributed by atoms with van der Waals surface area (Å²) < 4.78 is 1.73. The third-order valence-corrected chi connectivity index (χ3v) is 3.25. The summed E-state index contributed by atoms with van der Waals surface area (Å²) in [6.45, 7) is 1.91. The quantitative estimate of drug-likeness (QED) is 0.697. The zero-order valence-electron chi connectivity index (χ0n) is 9.49. The van der Waals surface area contributed by atoms with Crippen LogP contribution in [-0.4, -0.2) is 15.6 Å². The lowest BCUT2D eigenvalue weighted by molar-refractivity contribution is 0.0889. The SMILES string of the molecule is Cc1nn(C)cc1C(=O)C1CCCCC1. The lowest BCUT2D eigenvalue weighted by atomic mass is 9.84. The molecule has 0 aliphatic heterocycles. The van der Waals surface area contributed by atoms with Gasteiger partial charge >= 0.3 is 0 Å². The van der Waals surface area contributed by atoms with Crippen LogP contribution in [0.2, 0.25) is 0 Å². The summed E-state index contributed by atoms with van der Waals surface area (Å²) >= 11 is 0. The molecule has 0 bridgehead atoms. The zero-order chi connectivity index (χ0) is 10.8. The summed E-state index contributed by atoms with van der Waals surface area (Å²) in [4.78, 5) is 12.2. The number of hydrogen-bond donors (Lipinski definition) is 0. The third kappa shape index (κ3) is 2.11. The van der Waals surface area contributed by atoms with Crippen LogP contribution in [0.3, 0.4) is 0 Å². The molecule has 15 heavy (non-hydrogen) atoms. The standard InChI is InChI=1S/C12H18N2O/c1-9-11(8-14(2)13-9)12(15)10-6-4-3-5-7-10/h8,10H,3-7H2,1-2H3. The van der Waals surface area contributed by atoms with E-state index < -0.39 is 0 Å². The molecule has 3 heteroatoms. The van der Waals surface area contributed by atoms with E-state index in [1.807, 2.05) is 20.2 Å². The summed E-state index contributed by atoms with van der Waals surface area (Å²) in [6, 6.07) is 0. The van der Waals surface area contributed by atoms with Crippen LogP contribution in [0.1, 0.15) is 48.2 Å². The maximum absolute atomic E-state index is 12.2. The van der Waals surface area contributed by atoms with Gasteiger partial charge in [0.25, 0.3) is 0 Å². The Hall–Kier alpha value is -1.12. The second-order valence-corrected chi connectivity index (χ2v) is 4.50. The summed E-state index contributed by atoms with van der Waals surface area (Å²) in [6.07, 6.45) is 7.67. The Morgan fingerprint density at radius 3 is 2.60 bits per heavy atom. The predicted octanol–water partition coefficient (Wildman–Crippen LogP) is 2.49. The number of carbonyl (C=O) groups is 1. The van der Waals surface area contributed by atoms with E-state index in [2.05, 4.69) is 5.10 Å². The summed E-state index contributed by atoms with van der Waals surface area (Å²) in [5, 5.41) is 4.22. The molecule has 0 aromatic carbocycles. The molecule has 0 spiro atoms. The lowest BCUT2D eigenvalue weighted by Crippen LogP contribution is -2.18. The van der Waals surface area contributed by atoms with Crippen LogP contribution in [0, 0.1) is 12.8 Å². The Labute approximate surface area is 90.5 Å². The van der Waals surface area contributed by atoms with Crippen molar-refractivity contribution < 1.29 is 4.79 Å². The molecule has 1 heterocycles. The largest absolute Gasteiger partial charge is 0.294 e. The Kier molecular flexibility index (Phi) is 2.89. The highest BCUT2D eigenvalue weighted by Gasteiger charge is 2.24. The van der Waals surface area contributed by atoms with Crippen molar-refractivity contribution in [3.8, 4) is 0 Å².